The van der Waals surface area contributed by atoms with Crippen molar-refractivity contribution in [2.45, 2.75) is 5.92 Å². The summed E-state index contributed by atoms with van der Waals surface area (Å²) in [5.74, 6) is -0.769. The molecule has 0 radical (unpaired) electrons. The minimum atomic E-state index is -0.441. The van der Waals surface area contributed by atoms with Crippen LogP contribution in [0.3, 0.4) is 0 Å². The van der Waals surface area contributed by atoms with Crippen molar-refractivity contribution in [3.8, 4) is 0 Å². The van der Waals surface area contributed by atoms with Gasteiger partial charge in [-0.05, 0) is 5.56 Å². The predicted molar refractivity (Wildman–Crippen MR) is 57.4 cm³/mol. The molecule has 1 N–H and O–H groups in total. The fourth-order valence-electron chi connectivity index (χ4n) is 1.31. The van der Waals surface area contributed by atoms with E-state index in [2.05, 4.69) is 0 Å². The van der Waals surface area contributed by atoms with Crippen molar-refractivity contribution in [3.05, 3.63) is 48.0 Å². The lowest BCUT2D eigenvalue weighted by Crippen LogP contribution is -2.12. The Morgan fingerprint density at radius 1 is 1.47 bits per heavy atom. The SMILES string of the molecule is COC(=O)C(/C=C/CO)c1ccccc1. The number of methoxy groups -OCH3 is 1. The number of carbonyl (C=O) groups is 1. The highest BCUT2D eigenvalue weighted by atomic mass is 16.5. The van der Waals surface area contributed by atoms with Gasteiger partial charge in [-0.2, -0.15) is 0 Å². The molecule has 0 heterocycles. The second-order valence-corrected chi connectivity index (χ2v) is 3.02. The van der Waals surface area contributed by atoms with Crippen molar-refractivity contribution in [2.24, 2.45) is 0 Å². The number of aliphatic hydroxyl groups is 1. The zero-order valence-corrected chi connectivity index (χ0v) is 8.59. The summed E-state index contributed by atoms with van der Waals surface area (Å²) in [5, 5.41) is 8.68. The molecule has 0 fully saturated rings. The fourth-order valence-corrected chi connectivity index (χ4v) is 1.31. The van der Waals surface area contributed by atoms with Crippen molar-refractivity contribution < 1.29 is 14.6 Å². The highest BCUT2D eigenvalue weighted by Gasteiger charge is 2.17. The Bertz CT molecular complexity index is 330. The summed E-state index contributed by atoms with van der Waals surface area (Å²) in [6.07, 6.45) is 3.18. The standard InChI is InChI=1S/C12H14O3/c1-15-12(14)11(8-5-9-13)10-6-3-2-4-7-10/h2-8,11,13H,9H2,1H3/b8-5+. The largest absolute Gasteiger partial charge is 0.468 e. The maximum absolute atomic E-state index is 11.5. The minimum absolute atomic E-state index is 0.0830. The summed E-state index contributed by atoms with van der Waals surface area (Å²) in [6, 6.07) is 9.30. The first-order valence-electron chi connectivity index (χ1n) is 4.70. The average molecular weight is 206 g/mol. The van der Waals surface area contributed by atoms with Crippen LogP contribution in [-0.2, 0) is 9.53 Å². The summed E-state index contributed by atoms with van der Waals surface area (Å²) >= 11 is 0. The van der Waals surface area contributed by atoms with Crippen LogP contribution in [0.5, 0.6) is 0 Å². The van der Waals surface area contributed by atoms with Gasteiger partial charge in [0.05, 0.1) is 19.6 Å². The van der Waals surface area contributed by atoms with E-state index in [0.717, 1.165) is 5.56 Å². The Morgan fingerprint density at radius 3 is 2.67 bits per heavy atom. The van der Waals surface area contributed by atoms with E-state index in [0.29, 0.717) is 0 Å². The fraction of sp³-hybridized carbons (Fsp3) is 0.250. The lowest BCUT2D eigenvalue weighted by atomic mass is 9.99. The van der Waals surface area contributed by atoms with E-state index in [4.69, 9.17) is 9.84 Å². The average Bonchev–Trinajstić information content (AvgIpc) is 2.30. The first-order chi connectivity index (χ1) is 7.29. The normalized spacial score (nSPS) is 12.7. The van der Waals surface area contributed by atoms with Crippen molar-refractivity contribution in [1.82, 2.24) is 0 Å². The van der Waals surface area contributed by atoms with Gasteiger partial charge in [-0.3, -0.25) is 4.79 Å². The molecule has 3 nitrogen and oxygen atoms in total. The van der Waals surface area contributed by atoms with Gasteiger partial charge in [0, 0.05) is 0 Å². The number of ether oxygens (including phenoxy) is 1. The molecule has 0 spiro atoms. The van der Waals surface area contributed by atoms with Crippen LogP contribution in [0.1, 0.15) is 11.5 Å². The molecule has 0 aliphatic heterocycles. The van der Waals surface area contributed by atoms with E-state index in [9.17, 15) is 4.79 Å². The molecule has 0 aromatic heterocycles. The number of carbonyl (C=O) groups excluding carboxylic acids is 1. The van der Waals surface area contributed by atoms with E-state index in [1.54, 1.807) is 6.08 Å². The zero-order valence-electron chi connectivity index (χ0n) is 8.59. The maximum atomic E-state index is 11.5. The first-order valence-corrected chi connectivity index (χ1v) is 4.70. The van der Waals surface area contributed by atoms with E-state index in [-0.39, 0.29) is 12.6 Å². The molecular weight excluding hydrogens is 192 g/mol. The topological polar surface area (TPSA) is 46.5 Å². The van der Waals surface area contributed by atoms with Crippen LogP contribution >= 0.6 is 0 Å². The van der Waals surface area contributed by atoms with Gasteiger partial charge in [0.2, 0.25) is 0 Å². The zero-order chi connectivity index (χ0) is 11.1. The van der Waals surface area contributed by atoms with Crippen molar-refractivity contribution in [3.63, 3.8) is 0 Å². The van der Waals surface area contributed by atoms with Gasteiger partial charge in [-0.15, -0.1) is 0 Å². The molecule has 0 aliphatic carbocycles. The van der Waals surface area contributed by atoms with Gasteiger partial charge in [0.15, 0.2) is 0 Å². The summed E-state index contributed by atoms with van der Waals surface area (Å²) in [4.78, 5) is 11.5. The van der Waals surface area contributed by atoms with E-state index in [1.807, 2.05) is 30.3 Å². The quantitative estimate of drug-likeness (QED) is 0.599. The molecule has 0 saturated carbocycles. The summed E-state index contributed by atoms with van der Waals surface area (Å²) in [7, 11) is 1.35. The maximum Gasteiger partial charge on any atom is 0.317 e. The van der Waals surface area contributed by atoms with E-state index in [1.165, 1.54) is 13.2 Å². The van der Waals surface area contributed by atoms with Crippen LogP contribution in [0.2, 0.25) is 0 Å². The smallest absolute Gasteiger partial charge is 0.317 e. The highest BCUT2D eigenvalue weighted by Crippen LogP contribution is 2.18. The number of esters is 1. The lowest BCUT2D eigenvalue weighted by Gasteiger charge is -2.10. The van der Waals surface area contributed by atoms with Crippen LogP contribution in [0.4, 0.5) is 0 Å². The van der Waals surface area contributed by atoms with Crippen LogP contribution in [0.15, 0.2) is 42.5 Å². The van der Waals surface area contributed by atoms with Gasteiger partial charge in [-0.25, -0.2) is 0 Å². The molecule has 1 aromatic carbocycles. The van der Waals surface area contributed by atoms with Crippen molar-refractivity contribution in [2.75, 3.05) is 13.7 Å². The molecule has 1 rings (SSSR count). The molecule has 0 amide bonds. The Balaban J connectivity index is 2.91. The molecule has 80 valence electrons. The number of hydrogen-bond acceptors (Lipinski definition) is 3. The second-order valence-electron chi connectivity index (χ2n) is 3.02. The molecule has 1 atom stereocenters. The molecule has 0 saturated heterocycles. The lowest BCUT2D eigenvalue weighted by molar-refractivity contribution is -0.141. The first kappa shape index (κ1) is 11.5. The van der Waals surface area contributed by atoms with Gasteiger partial charge in [0.25, 0.3) is 0 Å². The van der Waals surface area contributed by atoms with Gasteiger partial charge < -0.3 is 9.84 Å². The predicted octanol–water partition coefficient (Wildman–Crippen LogP) is 1.49. The second kappa shape index (κ2) is 5.98. The molecule has 0 bridgehead atoms. The van der Waals surface area contributed by atoms with Gasteiger partial charge in [-0.1, -0.05) is 42.5 Å². The Hall–Kier alpha value is -1.61. The highest BCUT2D eigenvalue weighted by molar-refractivity contribution is 5.80. The summed E-state index contributed by atoms with van der Waals surface area (Å²) in [5.41, 5.74) is 0.856. The van der Waals surface area contributed by atoms with Crippen molar-refractivity contribution in [1.29, 1.82) is 0 Å². The van der Waals surface area contributed by atoms with Gasteiger partial charge >= 0.3 is 5.97 Å². The molecule has 15 heavy (non-hydrogen) atoms. The monoisotopic (exact) mass is 206 g/mol. The third-order valence-corrected chi connectivity index (χ3v) is 2.05. The van der Waals surface area contributed by atoms with Crippen LogP contribution in [0, 0.1) is 0 Å². The Morgan fingerprint density at radius 2 is 2.13 bits per heavy atom. The summed E-state index contributed by atoms with van der Waals surface area (Å²) in [6.45, 7) is -0.0830. The molecule has 0 aliphatic rings. The van der Waals surface area contributed by atoms with Crippen molar-refractivity contribution >= 4 is 5.97 Å². The Labute approximate surface area is 89.0 Å². The third-order valence-electron chi connectivity index (χ3n) is 2.05. The van der Waals surface area contributed by atoms with E-state index >= 15 is 0 Å². The molecule has 1 unspecified atom stereocenters. The molecule has 3 heteroatoms. The van der Waals surface area contributed by atoms with Crippen LogP contribution in [0.25, 0.3) is 0 Å². The number of hydrogen-bond donors (Lipinski definition) is 1. The number of aliphatic hydroxyl groups excluding tert-OH is 1. The minimum Gasteiger partial charge on any atom is -0.468 e. The molecule has 1 aromatic rings. The number of rotatable bonds is 4. The van der Waals surface area contributed by atoms with Gasteiger partial charge in [0.1, 0.15) is 0 Å². The number of benzene rings is 1. The molecular formula is C12H14O3. The summed E-state index contributed by atoms with van der Waals surface area (Å²) < 4.78 is 4.69. The van der Waals surface area contributed by atoms with Crippen LogP contribution < -0.4 is 0 Å². The van der Waals surface area contributed by atoms with Crippen LogP contribution in [-0.4, -0.2) is 24.8 Å². The third kappa shape index (κ3) is 3.22. The Kier molecular flexibility index (Phi) is 4.57. The van der Waals surface area contributed by atoms with E-state index < -0.39 is 5.92 Å².